The fourth-order valence-electron chi connectivity index (χ4n) is 3.81. The molecule has 1 saturated heterocycles. The van der Waals surface area contributed by atoms with Gasteiger partial charge in [-0.2, -0.15) is 0 Å². The first kappa shape index (κ1) is 10.0. The zero-order valence-electron chi connectivity index (χ0n) is 10.1. The zero-order chi connectivity index (χ0) is 10.9. The molecule has 2 aliphatic rings. The predicted molar refractivity (Wildman–Crippen MR) is 56.8 cm³/mol. The highest BCUT2D eigenvalue weighted by atomic mass is 16.2. The van der Waals surface area contributed by atoms with Gasteiger partial charge in [-0.25, -0.2) is 0 Å². The molecule has 14 heavy (non-hydrogen) atoms. The third-order valence-corrected chi connectivity index (χ3v) is 5.05. The third-order valence-electron chi connectivity index (χ3n) is 5.05. The smallest absolute Gasteiger partial charge is 0.224 e. The maximum absolute atomic E-state index is 11.8. The highest BCUT2D eigenvalue weighted by Gasteiger charge is 2.71. The molecule has 2 fully saturated rings. The van der Waals surface area contributed by atoms with E-state index in [1.165, 1.54) is 0 Å². The van der Waals surface area contributed by atoms with Crippen LogP contribution in [-0.4, -0.2) is 11.4 Å². The van der Waals surface area contributed by atoms with Crippen molar-refractivity contribution in [2.24, 2.45) is 22.7 Å². The molecule has 0 bridgehead atoms. The molecule has 2 unspecified atom stereocenters. The van der Waals surface area contributed by atoms with Gasteiger partial charge < -0.3 is 5.32 Å². The molecule has 0 aromatic heterocycles. The maximum Gasteiger partial charge on any atom is 0.224 e. The maximum atomic E-state index is 11.8. The van der Waals surface area contributed by atoms with Crippen LogP contribution in [0.1, 0.15) is 41.5 Å². The quantitative estimate of drug-likeness (QED) is 0.630. The van der Waals surface area contributed by atoms with Crippen LogP contribution >= 0.6 is 0 Å². The second kappa shape index (κ2) is 2.17. The Kier molecular flexibility index (Phi) is 1.55. The molecular weight excluding hydrogens is 174 g/mol. The van der Waals surface area contributed by atoms with Gasteiger partial charge in [0.25, 0.3) is 0 Å². The third kappa shape index (κ3) is 0.807. The van der Waals surface area contributed by atoms with Crippen LogP contribution in [0.3, 0.4) is 0 Å². The minimum absolute atomic E-state index is 0.0270. The summed E-state index contributed by atoms with van der Waals surface area (Å²) in [6.07, 6.45) is 0. The van der Waals surface area contributed by atoms with Crippen molar-refractivity contribution >= 4 is 5.91 Å². The summed E-state index contributed by atoms with van der Waals surface area (Å²) in [4.78, 5) is 11.8. The molecule has 2 heteroatoms. The standard InChI is InChI=1S/C12H21NO/c1-10(2)7-8(11(10,3)4)12(5,6)13-9(7)14/h7-8H,1-6H3,(H,13,14). The van der Waals surface area contributed by atoms with E-state index in [0.717, 1.165) is 0 Å². The predicted octanol–water partition coefficient (Wildman–Crippen LogP) is 2.19. The van der Waals surface area contributed by atoms with Gasteiger partial charge in [0, 0.05) is 11.5 Å². The van der Waals surface area contributed by atoms with Crippen LogP contribution in [0.5, 0.6) is 0 Å². The van der Waals surface area contributed by atoms with Gasteiger partial charge in [0.2, 0.25) is 5.91 Å². The lowest BCUT2D eigenvalue weighted by Gasteiger charge is -2.63. The van der Waals surface area contributed by atoms with Gasteiger partial charge in [0.15, 0.2) is 0 Å². The first-order chi connectivity index (χ1) is 6.12. The number of fused-ring (bicyclic) bond motifs is 1. The van der Waals surface area contributed by atoms with Crippen molar-refractivity contribution in [1.29, 1.82) is 0 Å². The number of carbonyl (C=O) groups is 1. The zero-order valence-corrected chi connectivity index (χ0v) is 10.1. The topological polar surface area (TPSA) is 29.1 Å². The van der Waals surface area contributed by atoms with E-state index < -0.39 is 0 Å². The Balaban J connectivity index is 2.44. The summed E-state index contributed by atoms with van der Waals surface area (Å²) in [5, 5.41) is 3.13. The van der Waals surface area contributed by atoms with Gasteiger partial charge in [-0.1, -0.05) is 27.7 Å². The molecule has 0 spiro atoms. The Morgan fingerprint density at radius 1 is 1.00 bits per heavy atom. The Bertz CT molecular complexity index is 301. The number of carbonyl (C=O) groups excluding carboxylic acids is 1. The van der Waals surface area contributed by atoms with Gasteiger partial charge >= 0.3 is 0 Å². The van der Waals surface area contributed by atoms with Crippen molar-refractivity contribution < 1.29 is 4.79 Å². The van der Waals surface area contributed by atoms with Crippen LogP contribution in [0.15, 0.2) is 0 Å². The van der Waals surface area contributed by atoms with Crippen LogP contribution in [0, 0.1) is 22.7 Å². The molecule has 2 rings (SSSR count). The summed E-state index contributed by atoms with van der Waals surface area (Å²) in [5.41, 5.74) is 0.358. The van der Waals surface area contributed by atoms with E-state index in [2.05, 4.69) is 46.9 Å². The fraction of sp³-hybridized carbons (Fsp3) is 0.917. The van der Waals surface area contributed by atoms with E-state index in [4.69, 9.17) is 0 Å². The normalized spacial score (nSPS) is 41.1. The Hall–Kier alpha value is -0.530. The summed E-state index contributed by atoms with van der Waals surface area (Å²) in [6.45, 7) is 13.3. The summed E-state index contributed by atoms with van der Waals surface area (Å²) in [5.74, 6) is 0.953. The molecule has 0 radical (unpaired) electrons. The highest BCUT2D eigenvalue weighted by molar-refractivity contribution is 5.85. The molecule has 1 aliphatic carbocycles. The minimum Gasteiger partial charge on any atom is -0.351 e. The van der Waals surface area contributed by atoms with Crippen LogP contribution in [0.4, 0.5) is 0 Å². The number of nitrogens with one attached hydrogen (secondary N) is 1. The van der Waals surface area contributed by atoms with Crippen molar-refractivity contribution in [3.8, 4) is 0 Å². The number of hydrogen-bond acceptors (Lipinski definition) is 1. The molecular formula is C12H21NO. The van der Waals surface area contributed by atoms with Crippen LogP contribution in [-0.2, 0) is 4.79 Å². The molecule has 0 aromatic rings. The highest BCUT2D eigenvalue weighted by Crippen LogP contribution is 2.69. The summed E-state index contributed by atoms with van der Waals surface area (Å²) < 4.78 is 0. The first-order valence-corrected chi connectivity index (χ1v) is 5.44. The van der Waals surface area contributed by atoms with Gasteiger partial charge in [0.1, 0.15) is 0 Å². The van der Waals surface area contributed by atoms with Crippen LogP contribution < -0.4 is 5.32 Å². The fourth-order valence-corrected chi connectivity index (χ4v) is 3.81. The molecule has 80 valence electrons. The summed E-state index contributed by atoms with van der Waals surface area (Å²) in [7, 11) is 0. The lowest BCUT2D eigenvalue weighted by Crippen LogP contribution is -2.63. The molecule has 1 aliphatic heterocycles. The lowest BCUT2D eigenvalue weighted by molar-refractivity contribution is -0.174. The van der Waals surface area contributed by atoms with E-state index in [1.54, 1.807) is 0 Å². The Morgan fingerprint density at radius 3 is 1.93 bits per heavy atom. The van der Waals surface area contributed by atoms with Gasteiger partial charge in [0.05, 0.1) is 0 Å². The second-order valence-corrected chi connectivity index (χ2v) is 6.61. The Labute approximate surface area is 86.5 Å². The molecule has 1 saturated carbocycles. The van der Waals surface area contributed by atoms with E-state index in [-0.39, 0.29) is 28.2 Å². The van der Waals surface area contributed by atoms with Gasteiger partial charge in [-0.05, 0) is 30.6 Å². The average Bonchev–Trinajstić information content (AvgIpc) is 2.19. The van der Waals surface area contributed by atoms with E-state index in [1.807, 2.05) is 0 Å². The number of hydrogen-bond donors (Lipinski definition) is 1. The number of rotatable bonds is 0. The SMILES string of the molecule is CC1(C)NC(=O)C2C1C(C)(C)C2(C)C. The molecule has 1 heterocycles. The number of amides is 1. The molecule has 0 aromatic carbocycles. The molecule has 1 amide bonds. The van der Waals surface area contributed by atoms with Gasteiger partial charge in [-0.3, -0.25) is 4.79 Å². The molecule has 2 nitrogen and oxygen atoms in total. The first-order valence-electron chi connectivity index (χ1n) is 5.44. The van der Waals surface area contributed by atoms with E-state index in [9.17, 15) is 4.79 Å². The van der Waals surface area contributed by atoms with Crippen LogP contribution in [0.2, 0.25) is 0 Å². The largest absolute Gasteiger partial charge is 0.351 e. The second-order valence-electron chi connectivity index (χ2n) is 6.61. The van der Waals surface area contributed by atoms with E-state index in [0.29, 0.717) is 5.92 Å². The van der Waals surface area contributed by atoms with Gasteiger partial charge in [-0.15, -0.1) is 0 Å². The van der Waals surface area contributed by atoms with Crippen LogP contribution in [0.25, 0.3) is 0 Å². The van der Waals surface area contributed by atoms with Crippen molar-refractivity contribution in [3.63, 3.8) is 0 Å². The van der Waals surface area contributed by atoms with E-state index >= 15 is 0 Å². The lowest BCUT2D eigenvalue weighted by atomic mass is 9.39. The van der Waals surface area contributed by atoms with Crippen molar-refractivity contribution in [1.82, 2.24) is 5.32 Å². The van der Waals surface area contributed by atoms with Crippen molar-refractivity contribution in [2.75, 3.05) is 0 Å². The summed E-state index contributed by atoms with van der Waals surface area (Å²) >= 11 is 0. The average molecular weight is 195 g/mol. The molecule has 2 atom stereocenters. The monoisotopic (exact) mass is 195 g/mol. The van der Waals surface area contributed by atoms with Crippen molar-refractivity contribution in [2.45, 2.75) is 47.1 Å². The Morgan fingerprint density at radius 2 is 1.50 bits per heavy atom. The molecule has 1 N–H and O–H groups in total. The van der Waals surface area contributed by atoms with Crippen molar-refractivity contribution in [3.05, 3.63) is 0 Å². The minimum atomic E-state index is -0.0270. The summed E-state index contributed by atoms with van der Waals surface area (Å²) in [6, 6.07) is 0.